The van der Waals surface area contributed by atoms with E-state index < -0.39 is 11.8 Å². The van der Waals surface area contributed by atoms with Gasteiger partial charge in [0.15, 0.2) is 0 Å². The maximum absolute atomic E-state index is 12.0. The topological polar surface area (TPSA) is 49.4 Å². The number of carbonyl (C=O) groups is 2. The van der Waals surface area contributed by atoms with Crippen LogP contribution in [0.25, 0.3) is 0 Å². The minimum atomic E-state index is -0.499. The zero-order valence-electron chi connectivity index (χ0n) is 11.9. The van der Waals surface area contributed by atoms with Crippen molar-refractivity contribution in [3.63, 3.8) is 0 Å². The Labute approximate surface area is 105 Å². The molecule has 0 aromatic rings. The molecule has 0 aliphatic rings. The van der Waals surface area contributed by atoms with Gasteiger partial charge >= 0.3 is 11.8 Å². The summed E-state index contributed by atoms with van der Waals surface area (Å²) in [6.45, 7) is 13.1. The standard InChI is InChI=1S/C13H26N2O2/c1-9(2)7-15(8-10(3)4)13(17)12(16)14-11(5)6/h9-11H,7-8H2,1-6H3,(H,14,16). The van der Waals surface area contributed by atoms with Gasteiger partial charge in [-0.05, 0) is 25.7 Å². The molecule has 0 aromatic heterocycles. The number of nitrogens with zero attached hydrogens (tertiary/aromatic N) is 1. The Morgan fingerprint density at radius 2 is 1.35 bits per heavy atom. The van der Waals surface area contributed by atoms with Crippen LogP contribution in [0.1, 0.15) is 41.5 Å². The van der Waals surface area contributed by atoms with Crippen molar-refractivity contribution < 1.29 is 9.59 Å². The van der Waals surface area contributed by atoms with Crippen LogP contribution in [-0.2, 0) is 9.59 Å². The van der Waals surface area contributed by atoms with Crippen molar-refractivity contribution >= 4 is 11.8 Å². The average molecular weight is 242 g/mol. The molecule has 0 spiro atoms. The number of hydrogen-bond acceptors (Lipinski definition) is 2. The van der Waals surface area contributed by atoms with Gasteiger partial charge in [-0.3, -0.25) is 9.59 Å². The zero-order chi connectivity index (χ0) is 13.6. The van der Waals surface area contributed by atoms with Crippen LogP contribution in [0.2, 0.25) is 0 Å². The van der Waals surface area contributed by atoms with E-state index >= 15 is 0 Å². The highest BCUT2D eigenvalue weighted by Gasteiger charge is 2.23. The van der Waals surface area contributed by atoms with Crippen molar-refractivity contribution in [1.82, 2.24) is 10.2 Å². The molecule has 0 aliphatic heterocycles. The third-order valence-electron chi connectivity index (χ3n) is 2.07. The van der Waals surface area contributed by atoms with Crippen LogP contribution in [0.3, 0.4) is 0 Å². The van der Waals surface area contributed by atoms with E-state index in [4.69, 9.17) is 0 Å². The highest BCUT2D eigenvalue weighted by Crippen LogP contribution is 2.04. The second kappa shape index (κ2) is 7.30. The summed E-state index contributed by atoms with van der Waals surface area (Å²) in [6.07, 6.45) is 0. The Balaban J connectivity index is 4.56. The van der Waals surface area contributed by atoms with Gasteiger partial charge in [0.05, 0.1) is 0 Å². The van der Waals surface area contributed by atoms with Gasteiger partial charge in [-0.15, -0.1) is 0 Å². The summed E-state index contributed by atoms with van der Waals surface area (Å²) >= 11 is 0. The minimum absolute atomic E-state index is 0.00796. The Morgan fingerprint density at radius 3 is 1.65 bits per heavy atom. The van der Waals surface area contributed by atoms with Crippen LogP contribution in [0.15, 0.2) is 0 Å². The number of amides is 2. The van der Waals surface area contributed by atoms with E-state index in [-0.39, 0.29) is 6.04 Å². The van der Waals surface area contributed by atoms with Crippen molar-refractivity contribution in [3.05, 3.63) is 0 Å². The fraction of sp³-hybridized carbons (Fsp3) is 0.846. The van der Waals surface area contributed by atoms with E-state index in [1.165, 1.54) is 0 Å². The van der Waals surface area contributed by atoms with Crippen LogP contribution in [-0.4, -0.2) is 35.8 Å². The van der Waals surface area contributed by atoms with E-state index in [9.17, 15) is 9.59 Å². The molecule has 0 aliphatic carbocycles. The number of carbonyl (C=O) groups excluding carboxylic acids is 2. The van der Waals surface area contributed by atoms with Crippen LogP contribution < -0.4 is 5.32 Å². The number of hydrogen-bond donors (Lipinski definition) is 1. The van der Waals surface area contributed by atoms with Crippen molar-refractivity contribution in [2.24, 2.45) is 11.8 Å². The summed E-state index contributed by atoms with van der Waals surface area (Å²) < 4.78 is 0. The molecule has 0 heterocycles. The molecule has 0 radical (unpaired) electrons. The zero-order valence-corrected chi connectivity index (χ0v) is 11.9. The predicted molar refractivity (Wildman–Crippen MR) is 69.5 cm³/mol. The van der Waals surface area contributed by atoms with Gasteiger partial charge < -0.3 is 10.2 Å². The molecule has 0 unspecified atom stereocenters. The molecule has 0 fully saturated rings. The normalized spacial score (nSPS) is 11.1. The Hall–Kier alpha value is -1.06. The summed E-state index contributed by atoms with van der Waals surface area (Å²) in [6, 6.07) is -0.00796. The Morgan fingerprint density at radius 1 is 0.941 bits per heavy atom. The molecule has 1 N–H and O–H groups in total. The van der Waals surface area contributed by atoms with Gasteiger partial charge in [-0.25, -0.2) is 0 Å². The molecule has 0 rings (SSSR count). The summed E-state index contributed by atoms with van der Waals surface area (Å²) in [4.78, 5) is 25.3. The lowest BCUT2D eigenvalue weighted by atomic mass is 10.1. The van der Waals surface area contributed by atoms with Crippen LogP contribution in [0.4, 0.5) is 0 Å². The molecule has 100 valence electrons. The molecule has 17 heavy (non-hydrogen) atoms. The van der Waals surface area contributed by atoms with Crippen LogP contribution in [0, 0.1) is 11.8 Å². The maximum Gasteiger partial charge on any atom is 0.311 e. The smallest absolute Gasteiger partial charge is 0.311 e. The van der Waals surface area contributed by atoms with Crippen molar-refractivity contribution in [1.29, 1.82) is 0 Å². The summed E-state index contributed by atoms with van der Waals surface area (Å²) in [5.41, 5.74) is 0. The lowest BCUT2D eigenvalue weighted by Crippen LogP contribution is -2.47. The van der Waals surface area contributed by atoms with Crippen molar-refractivity contribution in [2.75, 3.05) is 13.1 Å². The van der Waals surface area contributed by atoms with E-state index in [1.54, 1.807) is 4.90 Å². The Kier molecular flexibility index (Phi) is 6.85. The van der Waals surface area contributed by atoms with Gasteiger partial charge in [0, 0.05) is 19.1 Å². The van der Waals surface area contributed by atoms with E-state index in [0.717, 1.165) is 0 Å². The van der Waals surface area contributed by atoms with Crippen molar-refractivity contribution in [2.45, 2.75) is 47.6 Å². The van der Waals surface area contributed by atoms with Crippen LogP contribution >= 0.6 is 0 Å². The monoisotopic (exact) mass is 242 g/mol. The number of rotatable bonds is 5. The Bertz CT molecular complexity index is 250. The minimum Gasteiger partial charge on any atom is -0.346 e. The van der Waals surface area contributed by atoms with Crippen LogP contribution in [0.5, 0.6) is 0 Å². The molecule has 0 saturated carbocycles. The molecule has 0 aromatic carbocycles. The first-order chi connectivity index (χ1) is 7.73. The highest BCUT2D eigenvalue weighted by atomic mass is 16.2. The molecule has 2 amide bonds. The predicted octanol–water partition coefficient (Wildman–Crippen LogP) is 1.65. The lowest BCUT2D eigenvalue weighted by molar-refractivity contribution is -0.146. The molecule has 4 nitrogen and oxygen atoms in total. The number of nitrogens with one attached hydrogen (secondary N) is 1. The van der Waals surface area contributed by atoms with Gasteiger partial charge in [-0.2, -0.15) is 0 Å². The largest absolute Gasteiger partial charge is 0.346 e. The molecule has 0 saturated heterocycles. The first kappa shape index (κ1) is 15.9. The average Bonchev–Trinajstić information content (AvgIpc) is 2.12. The first-order valence-electron chi connectivity index (χ1n) is 6.33. The molecule has 4 heteroatoms. The van der Waals surface area contributed by atoms with Gasteiger partial charge in [0.25, 0.3) is 0 Å². The fourth-order valence-electron chi connectivity index (χ4n) is 1.59. The van der Waals surface area contributed by atoms with Gasteiger partial charge in [0.2, 0.25) is 0 Å². The van der Waals surface area contributed by atoms with E-state index in [2.05, 4.69) is 5.32 Å². The fourth-order valence-corrected chi connectivity index (χ4v) is 1.59. The van der Waals surface area contributed by atoms with Gasteiger partial charge in [0.1, 0.15) is 0 Å². The SMILES string of the molecule is CC(C)CN(CC(C)C)C(=O)C(=O)NC(C)C. The second-order valence-corrected chi connectivity index (χ2v) is 5.63. The van der Waals surface area contributed by atoms with Crippen molar-refractivity contribution in [3.8, 4) is 0 Å². The van der Waals surface area contributed by atoms with Gasteiger partial charge in [-0.1, -0.05) is 27.7 Å². The van der Waals surface area contributed by atoms with E-state index in [1.807, 2.05) is 41.5 Å². The molecular weight excluding hydrogens is 216 g/mol. The molecular formula is C13H26N2O2. The molecule has 0 atom stereocenters. The second-order valence-electron chi connectivity index (χ2n) is 5.63. The third-order valence-corrected chi connectivity index (χ3v) is 2.07. The summed E-state index contributed by atoms with van der Waals surface area (Å²) in [7, 11) is 0. The lowest BCUT2D eigenvalue weighted by Gasteiger charge is -2.26. The summed E-state index contributed by atoms with van der Waals surface area (Å²) in [5.74, 6) is -0.184. The quantitative estimate of drug-likeness (QED) is 0.745. The summed E-state index contributed by atoms with van der Waals surface area (Å²) in [5, 5.41) is 2.64. The highest BCUT2D eigenvalue weighted by molar-refractivity contribution is 6.35. The van der Waals surface area contributed by atoms with E-state index in [0.29, 0.717) is 24.9 Å². The third kappa shape index (κ3) is 6.97. The maximum atomic E-state index is 12.0. The first-order valence-corrected chi connectivity index (χ1v) is 6.33. The molecule has 0 bridgehead atoms.